The van der Waals surface area contributed by atoms with Crippen LogP contribution in [0.2, 0.25) is 0 Å². The molecular weight excluding hydrogens is 482 g/mol. The number of oxime groups is 1. The predicted molar refractivity (Wildman–Crippen MR) is 110 cm³/mol. The second-order valence-electron chi connectivity index (χ2n) is 5.33. The highest BCUT2D eigenvalue weighted by molar-refractivity contribution is 9.11. The van der Waals surface area contributed by atoms with E-state index in [0.717, 1.165) is 20.3 Å². The van der Waals surface area contributed by atoms with E-state index in [1.165, 1.54) is 6.21 Å². The average molecular weight is 501 g/mol. The van der Waals surface area contributed by atoms with Gasteiger partial charge in [-0.2, -0.15) is 0 Å². The van der Waals surface area contributed by atoms with Crippen LogP contribution in [0, 0.1) is 0 Å². The number of hydrogen-bond acceptors (Lipinski definition) is 6. The van der Waals surface area contributed by atoms with Crippen molar-refractivity contribution in [3.63, 3.8) is 0 Å². The zero-order chi connectivity index (χ0) is 19.8. The molecule has 8 heteroatoms. The van der Waals surface area contributed by atoms with Crippen molar-refractivity contribution in [2.75, 3.05) is 13.7 Å². The van der Waals surface area contributed by atoms with Crippen LogP contribution in [-0.2, 0) is 14.4 Å². The summed E-state index contributed by atoms with van der Waals surface area (Å²) in [6.45, 7) is 3.61. The first kappa shape index (κ1) is 21.2. The lowest BCUT2D eigenvalue weighted by molar-refractivity contribution is -0.155. The molecule has 27 heavy (non-hydrogen) atoms. The maximum absolute atomic E-state index is 11.5. The van der Waals surface area contributed by atoms with Crippen LogP contribution in [0.3, 0.4) is 0 Å². The topological polar surface area (TPSA) is 66.4 Å². The van der Waals surface area contributed by atoms with E-state index >= 15 is 0 Å². The van der Waals surface area contributed by atoms with Crippen LogP contribution in [0.4, 0.5) is 0 Å². The second kappa shape index (κ2) is 10.3. The molecule has 6 nitrogen and oxygen atoms in total. The van der Waals surface area contributed by atoms with Gasteiger partial charge in [-0.25, -0.2) is 4.79 Å². The van der Waals surface area contributed by atoms with Crippen molar-refractivity contribution in [1.82, 2.24) is 0 Å². The van der Waals surface area contributed by atoms with Gasteiger partial charge in [0.05, 0.1) is 28.9 Å². The largest absolute Gasteiger partial charge is 0.497 e. The van der Waals surface area contributed by atoms with Crippen LogP contribution in [0.15, 0.2) is 50.5 Å². The Hall–Kier alpha value is -2.06. The molecule has 0 radical (unpaired) electrons. The highest BCUT2D eigenvalue weighted by Crippen LogP contribution is 2.37. The fourth-order valence-corrected chi connectivity index (χ4v) is 3.38. The normalized spacial score (nSPS) is 11.9. The lowest BCUT2D eigenvalue weighted by Gasteiger charge is -2.11. The first-order chi connectivity index (χ1) is 12.9. The van der Waals surface area contributed by atoms with Crippen molar-refractivity contribution in [2.24, 2.45) is 5.16 Å². The number of rotatable bonds is 8. The van der Waals surface area contributed by atoms with Crippen molar-refractivity contribution in [2.45, 2.75) is 20.0 Å². The van der Waals surface area contributed by atoms with E-state index in [9.17, 15) is 4.79 Å². The van der Waals surface area contributed by atoms with E-state index in [1.807, 2.05) is 36.4 Å². The van der Waals surface area contributed by atoms with Crippen molar-refractivity contribution in [1.29, 1.82) is 0 Å². The SMILES string of the molecule is CCOC(=O)C(C)O/N=C/c1cc(Br)c(Oc2ccc(OC)cc2)c(Br)c1. The molecule has 0 saturated heterocycles. The van der Waals surface area contributed by atoms with Crippen LogP contribution >= 0.6 is 31.9 Å². The summed E-state index contributed by atoms with van der Waals surface area (Å²) in [5.74, 6) is 1.59. The van der Waals surface area contributed by atoms with Gasteiger partial charge in [-0.1, -0.05) is 5.16 Å². The Morgan fingerprint density at radius 2 is 1.74 bits per heavy atom. The van der Waals surface area contributed by atoms with Gasteiger partial charge >= 0.3 is 5.97 Å². The van der Waals surface area contributed by atoms with E-state index in [-0.39, 0.29) is 0 Å². The summed E-state index contributed by atoms with van der Waals surface area (Å²) in [6.07, 6.45) is 0.730. The molecule has 2 aromatic rings. The van der Waals surface area contributed by atoms with Crippen LogP contribution in [0.5, 0.6) is 17.2 Å². The molecule has 0 aliphatic carbocycles. The number of carbonyl (C=O) groups is 1. The van der Waals surface area contributed by atoms with Crippen LogP contribution in [-0.4, -0.2) is 32.0 Å². The highest BCUT2D eigenvalue weighted by Gasteiger charge is 2.15. The minimum Gasteiger partial charge on any atom is -0.497 e. The Morgan fingerprint density at radius 3 is 2.30 bits per heavy atom. The minimum absolute atomic E-state index is 0.297. The number of hydrogen-bond donors (Lipinski definition) is 0. The van der Waals surface area contributed by atoms with Gasteiger partial charge in [-0.15, -0.1) is 0 Å². The minimum atomic E-state index is -0.772. The predicted octanol–water partition coefficient (Wildman–Crippen LogP) is 5.31. The third-order valence-electron chi connectivity index (χ3n) is 3.34. The molecular formula is C19H19Br2NO5. The van der Waals surface area contributed by atoms with Crippen LogP contribution < -0.4 is 9.47 Å². The molecule has 0 heterocycles. The molecule has 0 saturated carbocycles. The molecule has 1 unspecified atom stereocenters. The van der Waals surface area contributed by atoms with Gasteiger partial charge in [-0.3, -0.25) is 0 Å². The van der Waals surface area contributed by atoms with E-state index in [1.54, 1.807) is 21.0 Å². The number of carbonyl (C=O) groups excluding carboxylic acids is 1. The van der Waals surface area contributed by atoms with Gasteiger partial charge < -0.3 is 19.0 Å². The van der Waals surface area contributed by atoms with Gasteiger partial charge in [0.2, 0.25) is 6.10 Å². The van der Waals surface area contributed by atoms with Crippen LogP contribution in [0.25, 0.3) is 0 Å². The summed E-state index contributed by atoms with van der Waals surface area (Å²) in [4.78, 5) is 16.6. The molecule has 144 valence electrons. The zero-order valence-electron chi connectivity index (χ0n) is 15.1. The Labute approximate surface area is 174 Å². The quantitative estimate of drug-likeness (QED) is 0.279. The molecule has 0 aromatic heterocycles. The molecule has 0 spiro atoms. The molecule has 0 amide bonds. The number of nitrogens with zero attached hydrogens (tertiary/aromatic N) is 1. The van der Waals surface area contributed by atoms with Gasteiger partial charge in [-0.05, 0) is 87.7 Å². The lowest BCUT2D eigenvalue weighted by Crippen LogP contribution is -2.21. The van der Waals surface area contributed by atoms with Gasteiger partial charge in [0, 0.05) is 0 Å². The summed E-state index contributed by atoms with van der Waals surface area (Å²) in [5, 5.41) is 3.84. The molecule has 0 N–H and O–H groups in total. The molecule has 1 atom stereocenters. The fraction of sp³-hybridized carbons (Fsp3) is 0.263. The molecule has 0 fully saturated rings. The van der Waals surface area contributed by atoms with Crippen molar-refractivity contribution in [3.8, 4) is 17.2 Å². The Bertz CT molecular complexity index is 785. The molecule has 2 rings (SSSR count). The number of methoxy groups -OCH3 is 1. The number of benzene rings is 2. The van der Waals surface area contributed by atoms with Crippen LogP contribution in [0.1, 0.15) is 19.4 Å². The maximum Gasteiger partial charge on any atom is 0.349 e. The third-order valence-corrected chi connectivity index (χ3v) is 4.52. The molecule has 0 bridgehead atoms. The van der Waals surface area contributed by atoms with Gasteiger partial charge in [0.15, 0.2) is 5.75 Å². The Balaban J connectivity index is 2.07. The molecule has 0 aliphatic rings. The zero-order valence-corrected chi connectivity index (χ0v) is 18.2. The summed E-state index contributed by atoms with van der Waals surface area (Å²) >= 11 is 6.98. The monoisotopic (exact) mass is 499 g/mol. The summed E-state index contributed by atoms with van der Waals surface area (Å²) < 4.78 is 17.4. The number of esters is 1. The van der Waals surface area contributed by atoms with E-state index in [4.69, 9.17) is 19.0 Å². The Morgan fingerprint density at radius 1 is 1.15 bits per heavy atom. The summed E-state index contributed by atoms with van der Waals surface area (Å²) in [6, 6.07) is 10.9. The molecule has 2 aromatic carbocycles. The average Bonchev–Trinajstić information content (AvgIpc) is 2.65. The summed E-state index contributed by atoms with van der Waals surface area (Å²) in [5.41, 5.74) is 0.756. The Kier molecular flexibility index (Phi) is 8.12. The number of halogens is 2. The first-order valence-corrected chi connectivity index (χ1v) is 9.70. The fourth-order valence-electron chi connectivity index (χ4n) is 2.00. The highest BCUT2D eigenvalue weighted by atomic mass is 79.9. The second-order valence-corrected chi connectivity index (χ2v) is 7.03. The first-order valence-electron chi connectivity index (χ1n) is 8.11. The summed E-state index contributed by atoms with van der Waals surface area (Å²) in [7, 11) is 1.61. The van der Waals surface area contributed by atoms with Gasteiger partial charge in [0.25, 0.3) is 0 Å². The van der Waals surface area contributed by atoms with Crippen molar-refractivity contribution >= 4 is 44.0 Å². The van der Waals surface area contributed by atoms with E-state index in [2.05, 4.69) is 37.0 Å². The van der Waals surface area contributed by atoms with E-state index < -0.39 is 12.1 Å². The van der Waals surface area contributed by atoms with Crippen molar-refractivity contribution in [3.05, 3.63) is 50.9 Å². The number of ether oxygens (including phenoxy) is 3. The lowest BCUT2D eigenvalue weighted by atomic mass is 10.2. The standard InChI is InChI=1S/C19H19Br2NO5/c1-4-25-19(23)12(2)27-22-11-13-9-16(20)18(17(21)10-13)26-15-7-5-14(24-3)6-8-15/h5-12H,4H2,1-3H3/b22-11+. The smallest absolute Gasteiger partial charge is 0.349 e. The molecule has 0 aliphatic heterocycles. The van der Waals surface area contributed by atoms with Crippen molar-refractivity contribution < 1.29 is 23.8 Å². The van der Waals surface area contributed by atoms with E-state index in [0.29, 0.717) is 18.1 Å². The van der Waals surface area contributed by atoms with Gasteiger partial charge in [0.1, 0.15) is 11.5 Å². The maximum atomic E-state index is 11.5. The third kappa shape index (κ3) is 6.25.